The number of hydrogen-bond acceptors (Lipinski definition) is 3. The van der Waals surface area contributed by atoms with Gasteiger partial charge in [-0.05, 0) is 18.2 Å². The van der Waals surface area contributed by atoms with E-state index >= 15 is 0 Å². The van der Waals surface area contributed by atoms with Crippen LogP contribution in [0, 0.1) is 0 Å². The zero-order valence-corrected chi connectivity index (χ0v) is 8.27. The molecule has 2 aromatic heterocycles. The summed E-state index contributed by atoms with van der Waals surface area (Å²) in [7, 11) is 0. The molecule has 0 aliphatic carbocycles. The van der Waals surface area contributed by atoms with Crippen molar-refractivity contribution in [2.24, 2.45) is 0 Å². The normalized spacial score (nSPS) is 10.2. The predicted molar refractivity (Wildman–Crippen MR) is 57.0 cm³/mol. The highest BCUT2D eigenvalue weighted by Crippen LogP contribution is 2.33. The quantitative estimate of drug-likeness (QED) is 0.786. The number of rotatable bonds is 1. The van der Waals surface area contributed by atoms with Crippen LogP contribution in [0.5, 0.6) is 0 Å². The van der Waals surface area contributed by atoms with E-state index in [1.54, 1.807) is 12.4 Å². The molecule has 0 bridgehead atoms. The van der Waals surface area contributed by atoms with Gasteiger partial charge < -0.3 is 5.73 Å². The van der Waals surface area contributed by atoms with Crippen molar-refractivity contribution in [1.29, 1.82) is 0 Å². The third-order valence-electron chi connectivity index (χ3n) is 1.69. The van der Waals surface area contributed by atoms with Crippen LogP contribution in [0.4, 0.5) is 5.69 Å². The molecule has 4 heteroatoms. The van der Waals surface area contributed by atoms with Crippen molar-refractivity contribution in [3.63, 3.8) is 0 Å². The second-order valence-corrected chi connectivity index (χ2v) is 4.28. The summed E-state index contributed by atoms with van der Waals surface area (Å²) in [6, 6.07) is 5.71. The van der Waals surface area contributed by atoms with E-state index in [-0.39, 0.29) is 0 Å². The molecule has 2 nitrogen and oxygen atoms in total. The molecule has 0 aliphatic rings. The fraction of sp³-hybridized carbons (Fsp3) is 0. The topological polar surface area (TPSA) is 38.9 Å². The van der Waals surface area contributed by atoms with Gasteiger partial charge >= 0.3 is 0 Å². The number of thiophene rings is 1. The molecule has 0 unspecified atom stereocenters. The first kappa shape index (κ1) is 8.53. The minimum atomic E-state index is 0.681. The minimum Gasteiger partial charge on any atom is -0.397 e. The van der Waals surface area contributed by atoms with Gasteiger partial charge in [-0.1, -0.05) is 11.6 Å². The Hall–Kier alpha value is -1.06. The maximum absolute atomic E-state index is 5.82. The van der Waals surface area contributed by atoms with Gasteiger partial charge in [-0.2, -0.15) is 0 Å². The molecular weight excluding hydrogens is 204 g/mol. The fourth-order valence-corrected chi connectivity index (χ4v) is 2.18. The number of nitrogen functional groups attached to an aromatic ring is 1. The molecule has 0 saturated carbocycles. The number of nitrogens with two attached hydrogens (primary N) is 1. The Labute approximate surface area is 85.0 Å². The summed E-state index contributed by atoms with van der Waals surface area (Å²) < 4.78 is 0.770. The molecule has 2 heterocycles. The van der Waals surface area contributed by atoms with E-state index in [4.69, 9.17) is 17.3 Å². The molecule has 66 valence electrons. The van der Waals surface area contributed by atoms with Crippen LogP contribution in [-0.4, -0.2) is 4.98 Å². The Bertz CT molecular complexity index is 425. The Morgan fingerprint density at radius 1 is 1.31 bits per heavy atom. The first-order chi connectivity index (χ1) is 6.27. The van der Waals surface area contributed by atoms with Crippen molar-refractivity contribution in [2.75, 3.05) is 5.73 Å². The lowest BCUT2D eigenvalue weighted by atomic mass is 10.2. The van der Waals surface area contributed by atoms with Gasteiger partial charge in [0, 0.05) is 16.6 Å². The zero-order valence-electron chi connectivity index (χ0n) is 6.70. The molecule has 2 N–H and O–H groups in total. The molecule has 0 aromatic carbocycles. The van der Waals surface area contributed by atoms with E-state index in [2.05, 4.69) is 4.98 Å². The Balaban J connectivity index is 2.52. The van der Waals surface area contributed by atoms with Crippen LogP contribution >= 0.6 is 22.9 Å². The summed E-state index contributed by atoms with van der Waals surface area (Å²) in [5.41, 5.74) is 7.44. The number of anilines is 1. The smallest absolute Gasteiger partial charge is 0.0934 e. The SMILES string of the molecule is Nc1cnccc1-c1ccc(Cl)s1. The van der Waals surface area contributed by atoms with Crippen LogP contribution in [0.25, 0.3) is 10.4 Å². The lowest BCUT2D eigenvalue weighted by Gasteiger charge is -1.99. The molecule has 0 aliphatic heterocycles. The van der Waals surface area contributed by atoms with Gasteiger partial charge in [-0.25, -0.2) is 0 Å². The van der Waals surface area contributed by atoms with E-state index in [1.807, 2.05) is 18.2 Å². The van der Waals surface area contributed by atoms with Crippen LogP contribution in [0.2, 0.25) is 4.34 Å². The van der Waals surface area contributed by atoms with Crippen LogP contribution < -0.4 is 5.73 Å². The maximum atomic E-state index is 5.82. The second-order valence-electron chi connectivity index (χ2n) is 2.57. The standard InChI is InChI=1S/C9H7ClN2S/c10-9-2-1-8(13-9)6-3-4-12-5-7(6)11/h1-5H,11H2. The zero-order chi connectivity index (χ0) is 9.26. The number of halogens is 1. The highest BCUT2D eigenvalue weighted by Gasteiger charge is 2.04. The molecule has 0 spiro atoms. The lowest BCUT2D eigenvalue weighted by molar-refractivity contribution is 1.34. The fourth-order valence-electron chi connectivity index (χ4n) is 1.09. The summed E-state index contributed by atoms with van der Waals surface area (Å²) in [5, 5.41) is 0. The van der Waals surface area contributed by atoms with Crippen molar-refractivity contribution in [1.82, 2.24) is 4.98 Å². The number of pyridine rings is 1. The van der Waals surface area contributed by atoms with Gasteiger partial charge in [0.05, 0.1) is 16.2 Å². The Morgan fingerprint density at radius 2 is 2.15 bits per heavy atom. The van der Waals surface area contributed by atoms with Crippen molar-refractivity contribution >= 4 is 28.6 Å². The van der Waals surface area contributed by atoms with Gasteiger partial charge in [-0.15, -0.1) is 11.3 Å². The van der Waals surface area contributed by atoms with Gasteiger partial charge in [0.1, 0.15) is 0 Å². The number of nitrogens with zero attached hydrogens (tertiary/aromatic N) is 1. The van der Waals surface area contributed by atoms with Crippen LogP contribution in [0.3, 0.4) is 0 Å². The molecule has 2 rings (SSSR count). The Morgan fingerprint density at radius 3 is 2.77 bits per heavy atom. The van der Waals surface area contributed by atoms with E-state index < -0.39 is 0 Å². The number of hydrogen-bond donors (Lipinski definition) is 1. The van der Waals surface area contributed by atoms with Crippen LogP contribution in [0.15, 0.2) is 30.6 Å². The van der Waals surface area contributed by atoms with Crippen LogP contribution in [-0.2, 0) is 0 Å². The average molecular weight is 211 g/mol. The first-order valence-electron chi connectivity index (χ1n) is 3.72. The monoisotopic (exact) mass is 210 g/mol. The van der Waals surface area contributed by atoms with Crippen molar-refractivity contribution in [2.45, 2.75) is 0 Å². The molecule has 0 radical (unpaired) electrons. The molecule has 2 aromatic rings. The molecule has 0 fully saturated rings. The maximum Gasteiger partial charge on any atom is 0.0934 e. The lowest BCUT2D eigenvalue weighted by Crippen LogP contribution is -1.88. The molecule has 0 atom stereocenters. The first-order valence-corrected chi connectivity index (χ1v) is 4.92. The summed E-state index contributed by atoms with van der Waals surface area (Å²) in [4.78, 5) is 5.00. The third kappa shape index (κ3) is 1.66. The highest BCUT2D eigenvalue weighted by atomic mass is 35.5. The van der Waals surface area contributed by atoms with Gasteiger partial charge in [0.2, 0.25) is 0 Å². The molecule has 0 amide bonds. The highest BCUT2D eigenvalue weighted by molar-refractivity contribution is 7.19. The summed E-state index contributed by atoms with van der Waals surface area (Å²) in [6.45, 7) is 0. The van der Waals surface area contributed by atoms with Gasteiger partial charge in [0.25, 0.3) is 0 Å². The van der Waals surface area contributed by atoms with E-state index in [0.29, 0.717) is 5.69 Å². The minimum absolute atomic E-state index is 0.681. The Kier molecular flexibility index (Phi) is 2.20. The summed E-state index contributed by atoms with van der Waals surface area (Å²) in [6.07, 6.45) is 3.36. The van der Waals surface area contributed by atoms with E-state index in [1.165, 1.54) is 11.3 Å². The average Bonchev–Trinajstić information content (AvgIpc) is 2.53. The van der Waals surface area contributed by atoms with Crippen molar-refractivity contribution < 1.29 is 0 Å². The van der Waals surface area contributed by atoms with E-state index in [9.17, 15) is 0 Å². The largest absolute Gasteiger partial charge is 0.397 e. The van der Waals surface area contributed by atoms with Crippen LogP contribution in [0.1, 0.15) is 0 Å². The van der Waals surface area contributed by atoms with Crippen molar-refractivity contribution in [3.8, 4) is 10.4 Å². The van der Waals surface area contributed by atoms with Gasteiger partial charge in [0.15, 0.2) is 0 Å². The summed E-state index contributed by atoms with van der Waals surface area (Å²) >= 11 is 7.34. The van der Waals surface area contributed by atoms with Gasteiger partial charge in [-0.3, -0.25) is 4.98 Å². The summed E-state index contributed by atoms with van der Waals surface area (Å²) in [5.74, 6) is 0. The molecule has 0 saturated heterocycles. The molecule has 13 heavy (non-hydrogen) atoms. The predicted octanol–water partition coefficient (Wildman–Crippen LogP) is 3.05. The third-order valence-corrected chi connectivity index (χ3v) is 2.95. The number of aromatic nitrogens is 1. The molecular formula is C9H7ClN2S. The van der Waals surface area contributed by atoms with Crippen molar-refractivity contribution in [3.05, 3.63) is 34.9 Å². The second kappa shape index (κ2) is 3.36. The van der Waals surface area contributed by atoms with E-state index in [0.717, 1.165) is 14.8 Å².